The smallest absolute Gasteiger partial charge is 0.0740 e. The Morgan fingerprint density at radius 2 is 1.96 bits per heavy atom. The van der Waals surface area contributed by atoms with E-state index in [0.717, 1.165) is 45.3 Å². The number of halogens is 3. The summed E-state index contributed by atoms with van der Waals surface area (Å²) >= 11 is 13.6. The molecule has 126 valence electrons. The zero-order valence-electron chi connectivity index (χ0n) is 13.5. The highest BCUT2D eigenvalue weighted by molar-refractivity contribution is 9.10. The fraction of sp³-hybridized carbons (Fsp3) is 0.316. The molecule has 0 bridgehead atoms. The first-order chi connectivity index (χ1) is 11.5. The Bertz CT molecular complexity index is 815. The Morgan fingerprint density at radius 1 is 1.21 bits per heavy atom. The Labute approximate surface area is 164 Å². The van der Waals surface area contributed by atoms with Crippen LogP contribution in [0.3, 0.4) is 0 Å². The molecule has 0 atom stereocenters. The molecule has 0 saturated carbocycles. The first kappa shape index (κ1) is 18.1. The van der Waals surface area contributed by atoms with Gasteiger partial charge in [0, 0.05) is 31.3 Å². The summed E-state index contributed by atoms with van der Waals surface area (Å²) in [5, 5.41) is 0.761. The highest BCUT2D eigenvalue weighted by atomic mass is 79.9. The van der Waals surface area contributed by atoms with E-state index in [1.165, 1.54) is 27.8 Å². The van der Waals surface area contributed by atoms with E-state index in [1.54, 1.807) is 0 Å². The minimum Gasteiger partial charge on any atom is -0.330 e. The molecule has 2 nitrogen and oxygen atoms in total. The third kappa shape index (κ3) is 3.48. The van der Waals surface area contributed by atoms with E-state index in [9.17, 15) is 0 Å². The van der Waals surface area contributed by atoms with Gasteiger partial charge in [-0.05, 0) is 77.5 Å². The van der Waals surface area contributed by atoms with Crippen molar-refractivity contribution in [2.75, 3.05) is 6.54 Å². The quantitative estimate of drug-likeness (QED) is 0.605. The summed E-state index contributed by atoms with van der Waals surface area (Å²) in [6.45, 7) is 2.82. The number of aryl methyl sites for hydroxylation is 2. The van der Waals surface area contributed by atoms with Crippen LogP contribution in [0.25, 0.3) is 5.57 Å². The van der Waals surface area contributed by atoms with Gasteiger partial charge in [-0.3, -0.25) is 4.98 Å². The van der Waals surface area contributed by atoms with E-state index < -0.39 is 0 Å². The van der Waals surface area contributed by atoms with Gasteiger partial charge in [-0.25, -0.2) is 0 Å². The summed E-state index contributed by atoms with van der Waals surface area (Å²) < 4.78 is 2.04. The van der Waals surface area contributed by atoms with Gasteiger partial charge in [0.2, 0.25) is 0 Å². The van der Waals surface area contributed by atoms with Crippen molar-refractivity contribution in [3.05, 3.63) is 66.3 Å². The molecule has 0 unspecified atom stereocenters. The van der Waals surface area contributed by atoms with Crippen LogP contribution in [0.15, 0.2) is 38.9 Å². The van der Waals surface area contributed by atoms with Crippen LogP contribution in [0.5, 0.6) is 0 Å². The number of pyridine rings is 1. The van der Waals surface area contributed by atoms with Gasteiger partial charge in [0.1, 0.15) is 0 Å². The van der Waals surface area contributed by atoms with Crippen LogP contribution in [-0.2, 0) is 12.8 Å². The number of hydrogen-bond donors (Lipinski definition) is 1. The van der Waals surface area contributed by atoms with Crippen LogP contribution in [0, 0.1) is 0 Å². The molecule has 24 heavy (non-hydrogen) atoms. The van der Waals surface area contributed by atoms with Crippen molar-refractivity contribution in [3.8, 4) is 0 Å². The first-order valence-electron chi connectivity index (χ1n) is 8.10. The molecule has 0 radical (unpaired) electrons. The molecule has 1 aromatic heterocycles. The molecule has 0 amide bonds. The normalized spacial score (nSPS) is 15.5. The van der Waals surface area contributed by atoms with Crippen LogP contribution in [0.2, 0.25) is 5.02 Å². The monoisotopic (exact) mass is 468 g/mol. The molecule has 1 heterocycles. The average Bonchev–Trinajstić information content (AvgIpc) is 2.69. The number of aromatic nitrogens is 1. The number of rotatable bonds is 3. The molecule has 0 saturated heterocycles. The lowest BCUT2D eigenvalue weighted by molar-refractivity contribution is 0.895. The summed E-state index contributed by atoms with van der Waals surface area (Å²) in [7, 11) is 0. The van der Waals surface area contributed by atoms with Crippen LogP contribution >= 0.6 is 43.5 Å². The largest absolute Gasteiger partial charge is 0.330 e. The predicted octanol–water partition coefficient (Wildman–Crippen LogP) is 5.92. The molecule has 0 fully saturated rings. The minimum absolute atomic E-state index is 0.638. The highest BCUT2D eigenvalue weighted by Crippen LogP contribution is 2.41. The molecular formula is C19H19Br2ClN2. The zero-order valence-corrected chi connectivity index (χ0v) is 17.4. The third-order valence-electron chi connectivity index (χ3n) is 4.45. The lowest BCUT2D eigenvalue weighted by atomic mass is 9.90. The summed E-state index contributed by atoms with van der Waals surface area (Å²) in [6.07, 6.45) is 5.60. The Kier molecular flexibility index (Phi) is 5.81. The highest BCUT2D eigenvalue weighted by Gasteiger charge is 2.24. The second-order valence-electron chi connectivity index (χ2n) is 5.95. The summed E-state index contributed by atoms with van der Waals surface area (Å²) in [5.41, 5.74) is 13.3. The lowest BCUT2D eigenvalue weighted by Crippen LogP contribution is -2.06. The average molecular weight is 471 g/mol. The van der Waals surface area contributed by atoms with Crippen molar-refractivity contribution in [2.45, 2.75) is 32.6 Å². The molecule has 1 aliphatic rings. The van der Waals surface area contributed by atoms with Crippen LogP contribution in [-0.4, -0.2) is 11.5 Å². The Balaban J connectivity index is 2.36. The van der Waals surface area contributed by atoms with Gasteiger partial charge in [-0.15, -0.1) is 0 Å². The molecule has 2 aromatic rings. The van der Waals surface area contributed by atoms with Gasteiger partial charge in [0.25, 0.3) is 0 Å². The van der Waals surface area contributed by atoms with E-state index in [0.29, 0.717) is 6.54 Å². The van der Waals surface area contributed by atoms with Gasteiger partial charge in [-0.1, -0.05) is 40.0 Å². The van der Waals surface area contributed by atoms with Gasteiger partial charge in [0.15, 0.2) is 0 Å². The number of hydrogen-bond acceptors (Lipinski definition) is 2. The molecule has 3 rings (SSSR count). The second-order valence-corrected chi connectivity index (χ2v) is 8.16. The van der Waals surface area contributed by atoms with Crippen molar-refractivity contribution >= 4 is 49.0 Å². The maximum absolute atomic E-state index is 6.30. The molecule has 1 aliphatic carbocycles. The van der Waals surface area contributed by atoms with Gasteiger partial charge in [0.05, 0.1) is 5.69 Å². The third-order valence-corrected chi connectivity index (χ3v) is 5.72. The Morgan fingerprint density at radius 3 is 2.67 bits per heavy atom. The van der Waals surface area contributed by atoms with E-state index in [-0.39, 0.29) is 0 Å². The molecule has 0 spiro atoms. The molecular weight excluding hydrogens is 451 g/mol. The first-order valence-corrected chi connectivity index (χ1v) is 10.1. The maximum Gasteiger partial charge on any atom is 0.0740 e. The zero-order chi connectivity index (χ0) is 17.3. The van der Waals surface area contributed by atoms with E-state index >= 15 is 0 Å². The van der Waals surface area contributed by atoms with Crippen molar-refractivity contribution in [3.63, 3.8) is 0 Å². The van der Waals surface area contributed by atoms with Gasteiger partial charge >= 0.3 is 0 Å². The SMILES string of the molecule is CC/C(CCN)=C1\c2ncc(Br)cc2CCc2cc(Cl)cc(Br)c21. The van der Waals surface area contributed by atoms with E-state index in [1.807, 2.05) is 12.3 Å². The standard InChI is InChI=1S/C19H19Br2ClN2/c1-2-11(5-6-23)18-17-12(8-15(22)9-16(17)21)3-4-13-7-14(20)10-24-19(13)18/h7-10H,2-6,23H2,1H3/b18-11+. The number of nitrogens with two attached hydrogens (primary N) is 1. The number of benzene rings is 1. The molecule has 2 N–H and O–H groups in total. The molecule has 5 heteroatoms. The Hall–Kier alpha value is -0.680. The van der Waals surface area contributed by atoms with Gasteiger partial charge in [-0.2, -0.15) is 0 Å². The summed E-state index contributed by atoms with van der Waals surface area (Å²) in [5.74, 6) is 0. The maximum atomic E-state index is 6.30. The van der Waals surface area contributed by atoms with Crippen molar-refractivity contribution < 1.29 is 0 Å². The van der Waals surface area contributed by atoms with Crippen LogP contribution < -0.4 is 5.73 Å². The molecule has 1 aromatic carbocycles. The van der Waals surface area contributed by atoms with Crippen molar-refractivity contribution in [1.82, 2.24) is 4.98 Å². The summed E-state index contributed by atoms with van der Waals surface area (Å²) in [6, 6.07) is 6.23. The van der Waals surface area contributed by atoms with Crippen molar-refractivity contribution in [2.24, 2.45) is 5.73 Å². The number of fused-ring (bicyclic) bond motifs is 2. The topological polar surface area (TPSA) is 38.9 Å². The van der Waals surface area contributed by atoms with E-state index in [2.05, 4.69) is 50.9 Å². The predicted molar refractivity (Wildman–Crippen MR) is 108 cm³/mol. The van der Waals surface area contributed by atoms with Crippen LogP contribution in [0.4, 0.5) is 0 Å². The molecule has 0 aliphatic heterocycles. The van der Waals surface area contributed by atoms with Gasteiger partial charge < -0.3 is 5.73 Å². The number of nitrogens with zero attached hydrogens (tertiary/aromatic N) is 1. The van der Waals surface area contributed by atoms with E-state index in [4.69, 9.17) is 22.3 Å². The van der Waals surface area contributed by atoms with Crippen LogP contribution in [0.1, 0.15) is 42.1 Å². The second kappa shape index (κ2) is 7.69. The van der Waals surface area contributed by atoms with Crippen molar-refractivity contribution in [1.29, 1.82) is 0 Å². The lowest BCUT2D eigenvalue weighted by Gasteiger charge is -2.18. The summed E-state index contributed by atoms with van der Waals surface area (Å²) in [4.78, 5) is 4.77. The minimum atomic E-state index is 0.638. The fourth-order valence-electron chi connectivity index (χ4n) is 3.39. The fourth-order valence-corrected chi connectivity index (χ4v) is 4.84.